The minimum Gasteiger partial charge on any atom is -0.326 e. The minimum absolute atomic E-state index is 0.0322. The number of amides is 1. The van der Waals surface area contributed by atoms with Crippen molar-refractivity contribution in [2.24, 2.45) is 5.92 Å². The van der Waals surface area contributed by atoms with E-state index in [-0.39, 0.29) is 23.6 Å². The van der Waals surface area contributed by atoms with Gasteiger partial charge in [-0.2, -0.15) is 0 Å². The zero-order chi connectivity index (χ0) is 19.0. The molecule has 140 valence electrons. The van der Waals surface area contributed by atoms with Crippen molar-refractivity contribution in [1.29, 1.82) is 0 Å². The molecule has 1 fully saturated rings. The molecule has 1 aliphatic carbocycles. The SMILES string of the molecule is O=c1[nH]c2c(Br)cccc2n1[C@H]1CC[C@@H](C(=O)Nc2ccc(Cl)cc2)CC1. The Morgan fingerprint density at radius 1 is 1.11 bits per heavy atom. The molecular weight excluding hydrogens is 430 g/mol. The standard InChI is InChI=1S/C20H19BrClN3O2/c21-16-2-1-3-17-18(16)24-20(27)25(17)15-10-4-12(5-11-15)19(26)23-14-8-6-13(22)7-9-14/h1-3,6-9,12,15H,4-5,10-11H2,(H,23,26)(H,24,27)/t12-,15+. The summed E-state index contributed by atoms with van der Waals surface area (Å²) in [6.45, 7) is 0. The zero-order valence-electron chi connectivity index (χ0n) is 14.5. The molecule has 1 aliphatic rings. The highest BCUT2D eigenvalue weighted by Gasteiger charge is 2.29. The number of para-hydroxylation sites is 1. The maximum absolute atomic E-state index is 12.5. The predicted molar refractivity (Wildman–Crippen MR) is 111 cm³/mol. The van der Waals surface area contributed by atoms with Gasteiger partial charge in [0, 0.05) is 27.1 Å². The summed E-state index contributed by atoms with van der Waals surface area (Å²) in [5, 5.41) is 3.60. The molecule has 1 saturated carbocycles. The van der Waals surface area contributed by atoms with Crippen molar-refractivity contribution in [2.75, 3.05) is 5.32 Å². The highest BCUT2D eigenvalue weighted by molar-refractivity contribution is 9.10. The number of benzene rings is 2. The highest BCUT2D eigenvalue weighted by atomic mass is 79.9. The molecule has 0 radical (unpaired) electrons. The van der Waals surface area contributed by atoms with Crippen molar-refractivity contribution in [2.45, 2.75) is 31.7 Å². The molecule has 1 amide bonds. The molecular formula is C20H19BrClN3O2. The van der Waals surface area contributed by atoms with E-state index < -0.39 is 0 Å². The van der Waals surface area contributed by atoms with Gasteiger partial charge in [-0.3, -0.25) is 9.36 Å². The van der Waals surface area contributed by atoms with Gasteiger partial charge < -0.3 is 10.3 Å². The lowest BCUT2D eigenvalue weighted by Gasteiger charge is -2.28. The quantitative estimate of drug-likeness (QED) is 0.584. The average molecular weight is 449 g/mol. The number of imidazole rings is 1. The van der Waals surface area contributed by atoms with E-state index >= 15 is 0 Å². The number of carbonyl (C=O) groups is 1. The Bertz CT molecular complexity index is 1030. The Kier molecular flexibility index (Phi) is 5.10. The number of carbonyl (C=O) groups excluding carboxylic acids is 1. The number of anilines is 1. The first-order valence-corrected chi connectivity index (χ1v) is 10.1. The van der Waals surface area contributed by atoms with Gasteiger partial charge in [-0.25, -0.2) is 4.79 Å². The van der Waals surface area contributed by atoms with E-state index in [1.807, 2.05) is 22.8 Å². The van der Waals surface area contributed by atoms with E-state index in [1.165, 1.54) is 0 Å². The van der Waals surface area contributed by atoms with Crippen molar-refractivity contribution >= 4 is 50.2 Å². The zero-order valence-corrected chi connectivity index (χ0v) is 16.9. The molecule has 0 bridgehead atoms. The van der Waals surface area contributed by atoms with Gasteiger partial charge in [-0.15, -0.1) is 0 Å². The number of halogens is 2. The molecule has 0 spiro atoms. The van der Waals surface area contributed by atoms with Crippen LogP contribution in [0.1, 0.15) is 31.7 Å². The molecule has 27 heavy (non-hydrogen) atoms. The summed E-state index contributed by atoms with van der Waals surface area (Å²) in [6, 6.07) is 13.0. The minimum atomic E-state index is -0.0917. The van der Waals surface area contributed by atoms with Gasteiger partial charge >= 0.3 is 5.69 Å². The molecule has 2 N–H and O–H groups in total. The maximum atomic E-state index is 12.5. The van der Waals surface area contributed by atoms with Gasteiger partial charge in [0.05, 0.1) is 11.0 Å². The third-order valence-electron chi connectivity index (χ3n) is 5.25. The van der Waals surface area contributed by atoms with Crippen molar-refractivity contribution in [3.8, 4) is 0 Å². The van der Waals surface area contributed by atoms with Gasteiger partial charge in [0.1, 0.15) is 0 Å². The van der Waals surface area contributed by atoms with Crippen LogP contribution in [0.25, 0.3) is 11.0 Å². The van der Waals surface area contributed by atoms with Crippen LogP contribution >= 0.6 is 27.5 Å². The molecule has 3 aromatic rings. The van der Waals surface area contributed by atoms with E-state index in [4.69, 9.17) is 11.6 Å². The van der Waals surface area contributed by atoms with E-state index in [1.54, 1.807) is 24.3 Å². The number of nitrogens with zero attached hydrogens (tertiary/aromatic N) is 1. The second-order valence-electron chi connectivity index (χ2n) is 6.94. The number of aromatic amines is 1. The summed E-state index contributed by atoms with van der Waals surface area (Å²) in [5.74, 6) is -0.00522. The Hall–Kier alpha value is -2.05. The molecule has 0 unspecified atom stereocenters. The lowest BCUT2D eigenvalue weighted by molar-refractivity contribution is -0.121. The van der Waals surface area contributed by atoms with Crippen molar-refractivity contribution in [1.82, 2.24) is 9.55 Å². The first kappa shape index (κ1) is 18.3. The van der Waals surface area contributed by atoms with Crippen molar-refractivity contribution < 1.29 is 4.79 Å². The highest BCUT2D eigenvalue weighted by Crippen LogP contribution is 2.34. The van der Waals surface area contributed by atoms with Crippen LogP contribution in [-0.2, 0) is 4.79 Å². The van der Waals surface area contributed by atoms with Gasteiger partial charge in [-0.1, -0.05) is 17.7 Å². The summed E-state index contributed by atoms with van der Waals surface area (Å²) >= 11 is 9.37. The fourth-order valence-corrected chi connectivity index (χ4v) is 4.43. The second kappa shape index (κ2) is 7.52. The molecule has 0 aliphatic heterocycles. The summed E-state index contributed by atoms with van der Waals surface area (Å²) in [4.78, 5) is 27.9. The molecule has 2 aromatic carbocycles. The summed E-state index contributed by atoms with van der Waals surface area (Å²) in [7, 11) is 0. The first-order chi connectivity index (χ1) is 13.0. The summed E-state index contributed by atoms with van der Waals surface area (Å²) in [5.41, 5.74) is 2.39. The molecule has 7 heteroatoms. The van der Waals surface area contributed by atoms with Crippen LogP contribution in [0.2, 0.25) is 5.02 Å². The number of nitrogens with one attached hydrogen (secondary N) is 2. The maximum Gasteiger partial charge on any atom is 0.326 e. The van der Waals surface area contributed by atoms with E-state index in [0.29, 0.717) is 5.02 Å². The van der Waals surface area contributed by atoms with E-state index in [9.17, 15) is 9.59 Å². The number of hydrogen-bond acceptors (Lipinski definition) is 2. The van der Waals surface area contributed by atoms with Gasteiger partial charge in [0.15, 0.2) is 0 Å². The molecule has 1 aromatic heterocycles. The Morgan fingerprint density at radius 3 is 2.52 bits per heavy atom. The van der Waals surface area contributed by atoms with E-state index in [2.05, 4.69) is 26.2 Å². The van der Waals surface area contributed by atoms with Gasteiger partial charge in [0.2, 0.25) is 5.91 Å². The topological polar surface area (TPSA) is 66.9 Å². The monoisotopic (exact) mass is 447 g/mol. The fourth-order valence-electron chi connectivity index (χ4n) is 3.85. The largest absolute Gasteiger partial charge is 0.326 e. The van der Waals surface area contributed by atoms with E-state index in [0.717, 1.165) is 46.9 Å². The fraction of sp³-hybridized carbons (Fsp3) is 0.300. The van der Waals surface area contributed by atoms with Crippen molar-refractivity contribution in [3.63, 3.8) is 0 Å². The smallest absolute Gasteiger partial charge is 0.326 e. The van der Waals surface area contributed by atoms with Crippen LogP contribution in [0.3, 0.4) is 0 Å². The van der Waals surface area contributed by atoms with Crippen LogP contribution in [-0.4, -0.2) is 15.5 Å². The predicted octanol–water partition coefficient (Wildman–Crippen LogP) is 5.12. The van der Waals surface area contributed by atoms with Crippen LogP contribution in [0, 0.1) is 5.92 Å². The van der Waals surface area contributed by atoms with Crippen molar-refractivity contribution in [3.05, 3.63) is 62.4 Å². The third-order valence-corrected chi connectivity index (χ3v) is 6.16. The number of hydrogen-bond donors (Lipinski definition) is 2. The number of aromatic nitrogens is 2. The molecule has 4 rings (SSSR count). The van der Waals surface area contributed by atoms with Crippen LogP contribution in [0.5, 0.6) is 0 Å². The van der Waals surface area contributed by atoms with Gasteiger partial charge in [-0.05, 0) is 78.0 Å². The van der Waals surface area contributed by atoms with Crippen LogP contribution in [0.15, 0.2) is 51.7 Å². The number of H-pyrrole nitrogens is 1. The molecule has 0 atom stereocenters. The average Bonchev–Trinajstić information content (AvgIpc) is 3.01. The summed E-state index contributed by atoms with van der Waals surface area (Å²) in [6.07, 6.45) is 3.13. The van der Waals surface area contributed by atoms with Crippen LogP contribution < -0.4 is 11.0 Å². The number of rotatable bonds is 3. The Balaban J connectivity index is 1.45. The normalized spacial score (nSPS) is 19.9. The number of fused-ring (bicyclic) bond motifs is 1. The first-order valence-electron chi connectivity index (χ1n) is 8.98. The van der Waals surface area contributed by atoms with Gasteiger partial charge in [0.25, 0.3) is 0 Å². The lowest BCUT2D eigenvalue weighted by atomic mass is 9.85. The van der Waals surface area contributed by atoms with Crippen LogP contribution in [0.4, 0.5) is 5.69 Å². The Labute approximate surface area is 169 Å². The summed E-state index contributed by atoms with van der Waals surface area (Å²) < 4.78 is 2.72. The molecule has 1 heterocycles. The molecule has 0 saturated heterocycles. The molecule has 5 nitrogen and oxygen atoms in total. The Morgan fingerprint density at radius 2 is 1.81 bits per heavy atom. The lowest BCUT2D eigenvalue weighted by Crippen LogP contribution is -2.31. The second-order valence-corrected chi connectivity index (χ2v) is 8.23. The third kappa shape index (κ3) is 3.69.